The van der Waals surface area contributed by atoms with Crippen LogP contribution in [0.4, 0.5) is 0 Å². The fourth-order valence-electron chi connectivity index (χ4n) is 1.24. The van der Waals surface area contributed by atoms with Gasteiger partial charge in [-0.05, 0) is 91.1 Å². The Bertz CT molecular complexity index is 504. The molecule has 1 aromatic carbocycles. The quantitative estimate of drug-likeness (QED) is 0.258. The Balaban J connectivity index is 2.81. The molecule has 0 amide bonds. The van der Waals surface area contributed by atoms with Crippen molar-refractivity contribution in [3.63, 3.8) is 0 Å². The zero-order chi connectivity index (χ0) is 11.9. The molecule has 0 bridgehead atoms. The lowest BCUT2D eigenvalue weighted by Crippen LogP contribution is -1.85. The minimum atomic E-state index is 0.992. The number of rotatable bonds is 1. The monoisotopic (exact) mass is 550 g/mol. The van der Waals surface area contributed by atoms with Crippen molar-refractivity contribution in [1.82, 2.24) is 0 Å². The van der Waals surface area contributed by atoms with E-state index >= 15 is 0 Å². The van der Waals surface area contributed by atoms with E-state index in [0.717, 1.165) is 27.9 Å². The largest absolute Gasteiger partial charge is 0.144 e. The highest BCUT2D eigenvalue weighted by Crippen LogP contribution is 2.49. The van der Waals surface area contributed by atoms with Crippen molar-refractivity contribution < 1.29 is 0 Å². The van der Waals surface area contributed by atoms with Gasteiger partial charge in [0.15, 0.2) is 0 Å². The first-order chi connectivity index (χ1) is 7.54. The zero-order valence-electron chi connectivity index (χ0n) is 7.53. The second kappa shape index (κ2) is 5.53. The van der Waals surface area contributed by atoms with Crippen LogP contribution in [0.15, 0.2) is 39.9 Å². The van der Waals surface area contributed by atoms with Gasteiger partial charge in [-0.3, -0.25) is 0 Å². The third kappa shape index (κ3) is 2.38. The summed E-state index contributed by atoms with van der Waals surface area (Å²) >= 11 is 19.6. The van der Waals surface area contributed by atoms with Gasteiger partial charge in [0, 0.05) is 32.8 Å². The van der Waals surface area contributed by atoms with Crippen molar-refractivity contribution in [2.24, 2.45) is 0 Å². The number of hydrogen-bond acceptors (Lipinski definition) is 1. The molecule has 0 atom stereocenters. The Kier molecular flexibility index (Phi) is 4.75. The molecular weight excluding hydrogens is 552 g/mol. The van der Waals surface area contributed by atoms with E-state index in [-0.39, 0.29) is 0 Å². The van der Waals surface area contributed by atoms with Crippen molar-refractivity contribution in [2.45, 2.75) is 0 Å². The van der Waals surface area contributed by atoms with Crippen LogP contribution in [0.3, 0.4) is 0 Å². The van der Waals surface area contributed by atoms with Gasteiger partial charge >= 0.3 is 0 Å². The molecule has 0 aliphatic rings. The second-order valence-electron chi connectivity index (χ2n) is 2.92. The summed E-state index contributed by atoms with van der Waals surface area (Å²) in [5, 5.41) is 2.07. The molecule has 0 spiro atoms. The lowest BCUT2D eigenvalue weighted by molar-refractivity contribution is 1.46. The van der Waals surface area contributed by atoms with Crippen molar-refractivity contribution in [2.75, 3.05) is 0 Å². The Labute approximate surface area is 139 Å². The van der Waals surface area contributed by atoms with Gasteiger partial charge in [0.25, 0.3) is 0 Å². The molecule has 84 valence electrons. The Morgan fingerprint density at radius 2 is 1.25 bits per heavy atom. The number of thiophene rings is 1. The molecule has 2 aromatic rings. The van der Waals surface area contributed by atoms with Gasteiger partial charge in [-0.1, -0.05) is 6.07 Å². The molecule has 16 heavy (non-hydrogen) atoms. The van der Waals surface area contributed by atoms with Gasteiger partial charge in [0.1, 0.15) is 0 Å². The van der Waals surface area contributed by atoms with Gasteiger partial charge in [-0.2, -0.15) is 0 Å². The molecular formula is C10H3Br5S. The highest BCUT2D eigenvalue weighted by Gasteiger charge is 2.19. The Morgan fingerprint density at radius 1 is 0.750 bits per heavy atom. The van der Waals surface area contributed by atoms with E-state index in [4.69, 9.17) is 0 Å². The van der Waals surface area contributed by atoms with Gasteiger partial charge < -0.3 is 0 Å². The molecule has 2 rings (SSSR count). The number of hydrogen-bond donors (Lipinski definition) is 0. The van der Waals surface area contributed by atoms with Crippen LogP contribution < -0.4 is 0 Å². The van der Waals surface area contributed by atoms with Crippen LogP contribution in [0.2, 0.25) is 0 Å². The smallest absolute Gasteiger partial charge is 0.0482 e. The van der Waals surface area contributed by atoms with E-state index in [0.29, 0.717) is 0 Å². The van der Waals surface area contributed by atoms with Gasteiger partial charge in [0.05, 0.1) is 0 Å². The maximum Gasteiger partial charge on any atom is 0.0482 e. The summed E-state index contributed by atoms with van der Waals surface area (Å²) in [4.78, 5) is 1.22. The average Bonchev–Trinajstić information content (AvgIpc) is 2.77. The molecule has 0 aliphatic carbocycles. The van der Waals surface area contributed by atoms with Gasteiger partial charge in [0.2, 0.25) is 0 Å². The molecule has 0 unspecified atom stereocenters. The molecule has 0 saturated carbocycles. The van der Waals surface area contributed by atoms with Crippen molar-refractivity contribution >= 4 is 91.0 Å². The van der Waals surface area contributed by atoms with Crippen LogP contribution in [0.1, 0.15) is 0 Å². The fourth-order valence-corrected chi connectivity index (χ4v) is 5.76. The van der Waals surface area contributed by atoms with Crippen LogP contribution in [-0.4, -0.2) is 0 Å². The summed E-state index contributed by atoms with van der Waals surface area (Å²) in [7, 11) is 0. The van der Waals surface area contributed by atoms with Crippen molar-refractivity contribution in [1.29, 1.82) is 0 Å². The topological polar surface area (TPSA) is 0 Å². The lowest BCUT2D eigenvalue weighted by atomic mass is 10.2. The van der Waals surface area contributed by atoms with E-state index in [2.05, 4.69) is 91.1 Å². The highest BCUT2D eigenvalue weighted by molar-refractivity contribution is 9.15. The molecule has 1 aromatic heterocycles. The summed E-state index contributed by atoms with van der Waals surface area (Å²) < 4.78 is 5.08. The average molecular weight is 555 g/mol. The third-order valence-electron chi connectivity index (χ3n) is 1.98. The number of halogens is 5. The first-order valence-electron chi connectivity index (χ1n) is 4.09. The predicted octanol–water partition coefficient (Wildman–Crippen LogP) is 7.23. The maximum absolute atomic E-state index is 3.62. The highest BCUT2D eigenvalue weighted by atomic mass is 79.9. The summed E-state index contributed by atoms with van der Waals surface area (Å²) in [5.74, 6) is 0. The molecule has 0 fully saturated rings. The van der Waals surface area contributed by atoms with Crippen LogP contribution in [0, 0.1) is 0 Å². The lowest BCUT2D eigenvalue weighted by Gasteiger charge is -2.12. The minimum Gasteiger partial charge on any atom is -0.144 e. The molecule has 6 heteroatoms. The van der Waals surface area contributed by atoms with Crippen LogP contribution in [-0.2, 0) is 0 Å². The van der Waals surface area contributed by atoms with E-state index in [1.807, 2.05) is 6.07 Å². The van der Waals surface area contributed by atoms with E-state index in [9.17, 15) is 0 Å². The molecule has 0 saturated heterocycles. The first-order valence-corrected chi connectivity index (χ1v) is 8.93. The summed E-state index contributed by atoms with van der Waals surface area (Å²) in [6.45, 7) is 0. The maximum atomic E-state index is 3.62. The zero-order valence-corrected chi connectivity index (χ0v) is 16.3. The molecule has 0 aliphatic heterocycles. The molecule has 0 radical (unpaired) electrons. The van der Waals surface area contributed by atoms with E-state index < -0.39 is 0 Å². The normalized spacial score (nSPS) is 10.8. The van der Waals surface area contributed by atoms with Crippen molar-refractivity contribution in [3.05, 3.63) is 39.9 Å². The van der Waals surface area contributed by atoms with Gasteiger partial charge in [-0.25, -0.2) is 0 Å². The van der Waals surface area contributed by atoms with Crippen LogP contribution >= 0.6 is 91.0 Å². The van der Waals surface area contributed by atoms with Crippen LogP contribution in [0.25, 0.3) is 10.4 Å². The number of benzene rings is 1. The minimum absolute atomic E-state index is 0.992. The summed E-state index contributed by atoms with van der Waals surface area (Å²) in [5.41, 5.74) is 1.15. The summed E-state index contributed by atoms with van der Waals surface area (Å²) in [6, 6.07) is 4.14. The molecule has 1 heterocycles. The fraction of sp³-hybridized carbons (Fsp3) is 0. The van der Waals surface area contributed by atoms with Crippen LogP contribution in [0.5, 0.6) is 0 Å². The SMILES string of the molecule is Brc1c(Br)c(Br)c(-c2cccs2)c(Br)c1Br. The van der Waals surface area contributed by atoms with E-state index in [1.165, 1.54) is 4.88 Å². The predicted molar refractivity (Wildman–Crippen MR) is 88.3 cm³/mol. The Morgan fingerprint density at radius 3 is 1.69 bits per heavy atom. The standard InChI is InChI=1S/C10H3Br5S/c11-6-5(4-2-1-3-16-4)7(12)9(14)10(15)8(6)13/h1-3H. The van der Waals surface area contributed by atoms with Crippen molar-refractivity contribution in [3.8, 4) is 10.4 Å². The third-order valence-corrected chi connectivity index (χ3v) is 8.96. The van der Waals surface area contributed by atoms with Gasteiger partial charge in [-0.15, -0.1) is 11.3 Å². The summed E-state index contributed by atoms with van der Waals surface area (Å²) in [6.07, 6.45) is 0. The second-order valence-corrected chi connectivity index (χ2v) is 7.83. The molecule has 0 nitrogen and oxygen atoms in total. The Hall–Kier alpha value is 1.32. The first kappa shape index (κ1) is 13.7. The van der Waals surface area contributed by atoms with E-state index in [1.54, 1.807) is 11.3 Å². The molecule has 0 N–H and O–H groups in total.